The van der Waals surface area contributed by atoms with Gasteiger partial charge in [0.15, 0.2) is 0 Å². The van der Waals surface area contributed by atoms with Crippen LogP contribution in [0.25, 0.3) is 0 Å². The molecule has 0 radical (unpaired) electrons. The number of ether oxygens (including phenoxy) is 1. The highest BCUT2D eigenvalue weighted by Crippen LogP contribution is 2.31. The topological polar surface area (TPSA) is 72.5 Å². The van der Waals surface area contributed by atoms with E-state index < -0.39 is 12.0 Å². The molecule has 1 aromatic carbocycles. The first kappa shape index (κ1) is 11.0. The molecule has 0 heterocycles. The van der Waals surface area contributed by atoms with Gasteiger partial charge in [-0.1, -0.05) is 12.1 Å². The Hall–Kier alpha value is -1.07. The van der Waals surface area contributed by atoms with Crippen molar-refractivity contribution < 1.29 is 14.6 Å². The zero-order chi connectivity index (χ0) is 10.7. The summed E-state index contributed by atoms with van der Waals surface area (Å²) in [5, 5.41) is 8.74. The molecule has 1 atom stereocenters. The Labute approximate surface area is 89.8 Å². The SMILES string of the molecule is COc1cccc([C@@H](N)C(=O)O)c1Br. The van der Waals surface area contributed by atoms with E-state index in [1.165, 1.54) is 7.11 Å². The fourth-order valence-electron chi connectivity index (χ4n) is 1.06. The van der Waals surface area contributed by atoms with Gasteiger partial charge >= 0.3 is 5.97 Å². The van der Waals surface area contributed by atoms with Crippen LogP contribution < -0.4 is 10.5 Å². The second kappa shape index (κ2) is 4.43. The predicted molar refractivity (Wildman–Crippen MR) is 55.3 cm³/mol. The van der Waals surface area contributed by atoms with Crippen LogP contribution >= 0.6 is 15.9 Å². The van der Waals surface area contributed by atoms with Gasteiger partial charge in [0, 0.05) is 0 Å². The number of benzene rings is 1. The maximum Gasteiger partial charge on any atom is 0.325 e. The Balaban J connectivity index is 3.15. The summed E-state index contributed by atoms with van der Waals surface area (Å²) in [5.41, 5.74) is 5.97. The van der Waals surface area contributed by atoms with Gasteiger partial charge in [-0.25, -0.2) is 0 Å². The van der Waals surface area contributed by atoms with Crippen LogP contribution in [0.15, 0.2) is 22.7 Å². The second-order valence-electron chi connectivity index (χ2n) is 2.68. The first-order valence-electron chi connectivity index (χ1n) is 3.88. The lowest BCUT2D eigenvalue weighted by Crippen LogP contribution is -2.21. The summed E-state index contributed by atoms with van der Waals surface area (Å²) in [6.07, 6.45) is 0. The van der Waals surface area contributed by atoms with Crippen LogP contribution in [-0.2, 0) is 4.79 Å². The standard InChI is InChI=1S/C9H10BrNO3/c1-14-6-4-2-3-5(7(6)10)8(11)9(12)13/h2-4,8H,11H2,1H3,(H,12,13)/t8-/m1/s1. The number of aliphatic carboxylic acids is 1. The molecule has 0 unspecified atom stereocenters. The van der Waals surface area contributed by atoms with E-state index >= 15 is 0 Å². The van der Waals surface area contributed by atoms with Crippen molar-refractivity contribution in [1.82, 2.24) is 0 Å². The Bertz CT molecular complexity index is 354. The smallest absolute Gasteiger partial charge is 0.325 e. The van der Waals surface area contributed by atoms with E-state index in [1.807, 2.05) is 0 Å². The lowest BCUT2D eigenvalue weighted by Gasteiger charge is -2.11. The maximum atomic E-state index is 10.7. The molecular weight excluding hydrogens is 250 g/mol. The molecule has 0 aromatic heterocycles. The predicted octanol–water partition coefficient (Wildman–Crippen LogP) is 1.54. The molecule has 1 rings (SSSR count). The molecule has 5 heteroatoms. The average Bonchev–Trinajstić information content (AvgIpc) is 2.17. The van der Waals surface area contributed by atoms with E-state index in [9.17, 15) is 4.79 Å². The number of nitrogens with two attached hydrogens (primary N) is 1. The Morgan fingerprint density at radius 3 is 2.79 bits per heavy atom. The van der Waals surface area contributed by atoms with Crippen LogP contribution in [0.4, 0.5) is 0 Å². The number of carboxylic acids is 1. The summed E-state index contributed by atoms with van der Waals surface area (Å²) in [7, 11) is 1.51. The number of hydrogen-bond donors (Lipinski definition) is 2. The molecule has 0 aliphatic rings. The lowest BCUT2D eigenvalue weighted by atomic mass is 10.1. The van der Waals surface area contributed by atoms with Crippen molar-refractivity contribution >= 4 is 21.9 Å². The van der Waals surface area contributed by atoms with Gasteiger partial charge in [-0.3, -0.25) is 4.79 Å². The number of hydrogen-bond acceptors (Lipinski definition) is 3. The molecule has 0 spiro atoms. The first-order valence-corrected chi connectivity index (χ1v) is 4.68. The summed E-state index contributed by atoms with van der Waals surface area (Å²) >= 11 is 3.24. The van der Waals surface area contributed by atoms with Gasteiger partial charge in [-0.2, -0.15) is 0 Å². The monoisotopic (exact) mass is 259 g/mol. The largest absolute Gasteiger partial charge is 0.496 e. The summed E-state index contributed by atoms with van der Waals surface area (Å²) in [6, 6.07) is 4.02. The van der Waals surface area contributed by atoms with E-state index in [-0.39, 0.29) is 0 Å². The van der Waals surface area contributed by atoms with Crippen molar-refractivity contribution in [3.63, 3.8) is 0 Å². The van der Waals surface area contributed by atoms with Crippen LogP contribution in [0.5, 0.6) is 5.75 Å². The molecule has 14 heavy (non-hydrogen) atoms. The van der Waals surface area contributed by atoms with Crippen LogP contribution in [0.1, 0.15) is 11.6 Å². The van der Waals surface area contributed by atoms with E-state index in [0.717, 1.165) is 0 Å². The molecule has 0 saturated heterocycles. The third kappa shape index (κ3) is 2.05. The first-order chi connectivity index (χ1) is 6.57. The third-order valence-corrected chi connectivity index (χ3v) is 2.66. The van der Waals surface area contributed by atoms with Gasteiger partial charge in [0.25, 0.3) is 0 Å². The normalized spacial score (nSPS) is 12.2. The van der Waals surface area contributed by atoms with Crippen LogP contribution in [0.3, 0.4) is 0 Å². The number of rotatable bonds is 3. The van der Waals surface area contributed by atoms with Gasteiger partial charge in [0.05, 0.1) is 11.6 Å². The average molecular weight is 260 g/mol. The quantitative estimate of drug-likeness (QED) is 0.864. The minimum atomic E-state index is -1.07. The molecular formula is C9H10BrNO3. The summed E-state index contributed by atoms with van der Waals surface area (Å²) in [4.78, 5) is 10.7. The van der Waals surface area contributed by atoms with E-state index in [4.69, 9.17) is 15.6 Å². The van der Waals surface area contributed by atoms with Crippen LogP contribution in [-0.4, -0.2) is 18.2 Å². The van der Waals surface area contributed by atoms with E-state index in [1.54, 1.807) is 18.2 Å². The highest BCUT2D eigenvalue weighted by Gasteiger charge is 2.18. The minimum Gasteiger partial charge on any atom is -0.496 e. The van der Waals surface area contributed by atoms with Crippen molar-refractivity contribution in [2.45, 2.75) is 6.04 Å². The fraction of sp³-hybridized carbons (Fsp3) is 0.222. The molecule has 76 valence electrons. The van der Waals surface area contributed by atoms with E-state index in [0.29, 0.717) is 15.8 Å². The van der Waals surface area contributed by atoms with Gasteiger partial charge in [-0.05, 0) is 27.6 Å². The van der Waals surface area contributed by atoms with Crippen molar-refractivity contribution in [1.29, 1.82) is 0 Å². The van der Waals surface area contributed by atoms with Crippen molar-refractivity contribution in [3.8, 4) is 5.75 Å². The molecule has 0 fully saturated rings. The lowest BCUT2D eigenvalue weighted by molar-refractivity contribution is -0.138. The number of carbonyl (C=O) groups is 1. The summed E-state index contributed by atoms with van der Waals surface area (Å²) in [5.74, 6) is -0.502. The molecule has 0 amide bonds. The zero-order valence-electron chi connectivity index (χ0n) is 7.53. The van der Waals surface area contributed by atoms with Crippen LogP contribution in [0.2, 0.25) is 0 Å². The fourth-order valence-corrected chi connectivity index (χ4v) is 1.73. The molecule has 0 aliphatic heterocycles. The molecule has 3 N–H and O–H groups in total. The van der Waals surface area contributed by atoms with Gasteiger partial charge in [-0.15, -0.1) is 0 Å². The number of carboxylic acid groups (broad SMARTS) is 1. The minimum absolute atomic E-state index is 0.497. The van der Waals surface area contributed by atoms with Crippen molar-refractivity contribution in [2.24, 2.45) is 5.73 Å². The molecule has 1 aromatic rings. The molecule has 0 aliphatic carbocycles. The van der Waals surface area contributed by atoms with Crippen molar-refractivity contribution in [3.05, 3.63) is 28.2 Å². The van der Waals surface area contributed by atoms with Crippen LogP contribution in [0, 0.1) is 0 Å². The van der Waals surface area contributed by atoms with Crippen molar-refractivity contribution in [2.75, 3.05) is 7.11 Å². The highest BCUT2D eigenvalue weighted by molar-refractivity contribution is 9.10. The van der Waals surface area contributed by atoms with Gasteiger partial charge in [0.2, 0.25) is 0 Å². The van der Waals surface area contributed by atoms with E-state index in [2.05, 4.69) is 15.9 Å². The summed E-state index contributed by atoms with van der Waals surface area (Å²) in [6.45, 7) is 0. The second-order valence-corrected chi connectivity index (χ2v) is 3.47. The highest BCUT2D eigenvalue weighted by atomic mass is 79.9. The zero-order valence-corrected chi connectivity index (χ0v) is 9.11. The van der Waals surface area contributed by atoms with Gasteiger partial charge in [0.1, 0.15) is 11.8 Å². The molecule has 0 saturated carbocycles. The Morgan fingerprint density at radius 2 is 2.29 bits per heavy atom. The molecule has 0 bridgehead atoms. The Morgan fingerprint density at radius 1 is 1.64 bits per heavy atom. The maximum absolute atomic E-state index is 10.7. The Kier molecular flexibility index (Phi) is 3.49. The van der Waals surface area contributed by atoms with Gasteiger partial charge < -0.3 is 15.6 Å². The number of halogens is 1. The molecule has 4 nitrogen and oxygen atoms in total. The number of methoxy groups -OCH3 is 1. The third-order valence-electron chi connectivity index (χ3n) is 1.81. The summed E-state index contributed by atoms with van der Waals surface area (Å²) < 4.78 is 5.60.